The summed E-state index contributed by atoms with van der Waals surface area (Å²) in [4.78, 5) is 0. The fourth-order valence-electron chi connectivity index (χ4n) is 1.98. The van der Waals surface area contributed by atoms with Gasteiger partial charge in [0.2, 0.25) is 0 Å². The van der Waals surface area contributed by atoms with E-state index in [0.29, 0.717) is 6.61 Å². The van der Waals surface area contributed by atoms with Crippen molar-refractivity contribution in [1.82, 2.24) is 0 Å². The van der Waals surface area contributed by atoms with Crippen LogP contribution in [0.2, 0.25) is 0 Å². The number of fused-ring (bicyclic) bond motifs is 1. The number of benzene rings is 1. The lowest BCUT2D eigenvalue weighted by Crippen LogP contribution is -2.25. The molecule has 1 aliphatic heterocycles. The Labute approximate surface area is 97.6 Å². The number of hydrogen-bond acceptors (Lipinski definition) is 2. The molecule has 0 N–H and O–H groups in total. The smallest absolute Gasteiger partial charge is 0.200 e. The van der Waals surface area contributed by atoms with Crippen molar-refractivity contribution in [1.29, 1.82) is 0 Å². The van der Waals surface area contributed by atoms with Gasteiger partial charge < -0.3 is 9.47 Å². The molecule has 16 heavy (non-hydrogen) atoms. The second-order valence-electron chi connectivity index (χ2n) is 4.32. The van der Waals surface area contributed by atoms with Crippen molar-refractivity contribution in [2.75, 3.05) is 0 Å². The molecule has 88 valence electrons. The van der Waals surface area contributed by atoms with Gasteiger partial charge >= 0.3 is 0 Å². The number of para-hydroxylation sites is 1. The highest BCUT2D eigenvalue weighted by atomic mass is 16.7. The van der Waals surface area contributed by atoms with Crippen LogP contribution in [-0.2, 0) is 11.3 Å². The zero-order valence-electron chi connectivity index (χ0n) is 9.95. The summed E-state index contributed by atoms with van der Waals surface area (Å²) in [6.45, 7) is 2.92. The maximum atomic E-state index is 5.79. The summed E-state index contributed by atoms with van der Waals surface area (Å²) < 4.78 is 11.5. The van der Waals surface area contributed by atoms with Crippen LogP contribution >= 0.6 is 0 Å². The van der Waals surface area contributed by atoms with Crippen LogP contribution in [0, 0.1) is 0 Å². The molecule has 0 aromatic heterocycles. The van der Waals surface area contributed by atoms with Gasteiger partial charge in [0.25, 0.3) is 0 Å². The lowest BCUT2D eigenvalue weighted by Gasteiger charge is -2.26. The maximum Gasteiger partial charge on any atom is 0.200 e. The first-order chi connectivity index (χ1) is 7.90. The molecule has 2 rings (SSSR count). The fourth-order valence-corrected chi connectivity index (χ4v) is 1.98. The molecule has 0 saturated carbocycles. The highest BCUT2D eigenvalue weighted by molar-refractivity contribution is 5.33. The molecule has 0 aliphatic carbocycles. The molecule has 1 unspecified atom stereocenters. The Hall–Kier alpha value is -1.02. The fraction of sp³-hybridized carbons (Fsp3) is 0.571. The molecule has 2 heteroatoms. The van der Waals surface area contributed by atoms with Gasteiger partial charge in [-0.25, -0.2) is 0 Å². The van der Waals surface area contributed by atoms with E-state index in [1.54, 1.807) is 0 Å². The van der Waals surface area contributed by atoms with E-state index in [1.165, 1.54) is 25.7 Å². The Balaban J connectivity index is 1.79. The molecule has 2 nitrogen and oxygen atoms in total. The van der Waals surface area contributed by atoms with Crippen molar-refractivity contribution >= 4 is 0 Å². The SMILES string of the molecule is CCCCCCC1OCc2ccccc2O1. The Morgan fingerprint density at radius 2 is 2.06 bits per heavy atom. The minimum absolute atomic E-state index is 0.0354. The first-order valence-corrected chi connectivity index (χ1v) is 6.26. The van der Waals surface area contributed by atoms with E-state index in [-0.39, 0.29) is 6.29 Å². The highest BCUT2D eigenvalue weighted by Crippen LogP contribution is 2.27. The van der Waals surface area contributed by atoms with E-state index in [2.05, 4.69) is 13.0 Å². The first-order valence-electron chi connectivity index (χ1n) is 6.26. The average molecular weight is 220 g/mol. The van der Waals surface area contributed by atoms with E-state index in [1.807, 2.05) is 18.2 Å². The monoisotopic (exact) mass is 220 g/mol. The standard InChI is InChI=1S/C14H20O2/c1-2-3-4-5-10-14-15-11-12-8-6-7-9-13(12)16-14/h6-9,14H,2-5,10-11H2,1H3. The van der Waals surface area contributed by atoms with Crippen molar-refractivity contribution in [2.45, 2.75) is 51.9 Å². The van der Waals surface area contributed by atoms with Gasteiger partial charge in [0, 0.05) is 12.0 Å². The third kappa shape index (κ3) is 2.99. The summed E-state index contributed by atoms with van der Waals surface area (Å²) in [7, 11) is 0. The number of rotatable bonds is 5. The van der Waals surface area contributed by atoms with Crippen molar-refractivity contribution < 1.29 is 9.47 Å². The molecule has 0 radical (unpaired) electrons. The lowest BCUT2D eigenvalue weighted by atomic mass is 10.1. The van der Waals surface area contributed by atoms with Gasteiger partial charge in [-0.3, -0.25) is 0 Å². The minimum Gasteiger partial charge on any atom is -0.465 e. The molecule has 1 aliphatic rings. The van der Waals surface area contributed by atoms with Crippen LogP contribution in [0.15, 0.2) is 24.3 Å². The van der Waals surface area contributed by atoms with Crippen molar-refractivity contribution in [3.63, 3.8) is 0 Å². The summed E-state index contributed by atoms with van der Waals surface area (Å²) in [5.74, 6) is 0.995. The Morgan fingerprint density at radius 3 is 2.94 bits per heavy atom. The molecule has 0 amide bonds. The highest BCUT2D eigenvalue weighted by Gasteiger charge is 2.18. The molecule has 0 bridgehead atoms. The zero-order valence-corrected chi connectivity index (χ0v) is 9.95. The number of ether oxygens (including phenoxy) is 2. The molecule has 1 aromatic carbocycles. The molecule has 0 saturated heterocycles. The average Bonchev–Trinajstić information content (AvgIpc) is 2.34. The predicted octanol–water partition coefficient (Wildman–Crippen LogP) is 3.89. The first kappa shape index (κ1) is 11.5. The van der Waals surface area contributed by atoms with Gasteiger partial charge in [0.15, 0.2) is 6.29 Å². The van der Waals surface area contributed by atoms with E-state index in [9.17, 15) is 0 Å². The van der Waals surface area contributed by atoms with Gasteiger partial charge in [-0.15, -0.1) is 0 Å². The van der Waals surface area contributed by atoms with E-state index in [0.717, 1.165) is 17.7 Å². The molecule has 1 atom stereocenters. The van der Waals surface area contributed by atoms with Crippen LogP contribution in [0.3, 0.4) is 0 Å². The molecule has 1 heterocycles. The third-order valence-corrected chi connectivity index (χ3v) is 2.95. The number of unbranched alkanes of at least 4 members (excludes halogenated alkanes) is 3. The molecule has 0 spiro atoms. The molecule has 1 aromatic rings. The van der Waals surface area contributed by atoms with Crippen molar-refractivity contribution in [3.8, 4) is 5.75 Å². The van der Waals surface area contributed by atoms with Crippen LogP contribution < -0.4 is 4.74 Å². The minimum atomic E-state index is -0.0354. The van der Waals surface area contributed by atoms with Gasteiger partial charge in [-0.2, -0.15) is 0 Å². The Bertz CT molecular complexity index is 322. The predicted molar refractivity (Wildman–Crippen MR) is 64.4 cm³/mol. The van der Waals surface area contributed by atoms with Crippen molar-refractivity contribution in [2.24, 2.45) is 0 Å². The van der Waals surface area contributed by atoms with Gasteiger partial charge in [0.1, 0.15) is 5.75 Å². The largest absolute Gasteiger partial charge is 0.465 e. The maximum absolute atomic E-state index is 5.79. The normalized spacial score (nSPS) is 18.9. The van der Waals surface area contributed by atoms with E-state index >= 15 is 0 Å². The van der Waals surface area contributed by atoms with Crippen LogP contribution in [0.5, 0.6) is 5.75 Å². The summed E-state index contributed by atoms with van der Waals surface area (Å²) in [5, 5.41) is 0. The topological polar surface area (TPSA) is 18.5 Å². The van der Waals surface area contributed by atoms with Crippen LogP contribution in [0.1, 0.15) is 44.6 Å². The van der Waals surface area contributed by atoms with Gasteiger partial charge in [0.05, 0.1) is 6.61 Å². The molecular formula is C14H20O2. The van der Waals surface area contributed by atoms with Crippen LogP contribution in [-0.4, -0.2) is 6.29 Å². The summed E-state index contributed by atoms with van der Waals surface area (Å²) in [6, 6.07) is 8.12. The van der Waals surface area contributed by atoms with Gasteiger partial charge in [-0.05, 0) is 12.5 Å². The summed E-state index contributed by atoms with van der Waals surface area (Å²) in [5.41, 5.74) is 1.16. The van der Waals surface area contributed by atoms with Crippen molar-refractivity contribution in [3.05, 3.63) is 29.8 Å². The molecular weight excluding hydrogens is 200 g/mol. The van der Waals surface area contributed by atoms with Crippen LogP contribution in [0.4, 0.5) is 0 Å². The second kappa shape index (κ2) is 5.90. The van der Waals surface area contributed by atoms with Gasteiger partial charge in [-0.1, -0.05) is 44.4 Å². The quantitative estimate of drug-likeness (QED) is 0.701. The van der Waals surface area contributed by atoms with Crippen LogP contribution in [0.25, 0.3) is 0 Å². The second-order valence-corrected chi connectivity index (χ2v) is 4.32. The zero-order chi connectivity index (χ0) is 11.2. The lowest BCUT2D eigenvalue weighted by molar-refractivity contribution is -0.112. The number of hydrogen-bond donors (Lipinski definition) is 0. The van der Waals surface area contributed by atoms with E-state index in [4.69, 9.17) is 9.47 Å². The summed E-state index contributed by atoms with van der Waals surface area (Å²) >= 11 is 0. The van der Waals surface area contributed by atoms with E-state index < -0.39 is 0 Å². The summed E-state index contributed by atoms with van der Waals surface area (Å²) in [6.07, 6.45) is 6.03. The molecule has 0 fully saturated rings. The Kier molecular flexibility index (Phi) is 4.23. The Morgan fingerprint density at radius 1 is 1.19 bits per heavy atom. The third-order valence-electron chi connectivity index (χ3n) is 2.95.